The predicted molar refractivity (Wildman–Crippen MR) is 100 cm³/mol. The molecule has 1 aromatic carbocycles. The molecule has 0 spiro atoms. The Kier molecular flexibility index (Phi) is 5.89. The van der Waals surface area contributed by atoms with E-state index < -0.39 is 0 Å². The normalized spacial score (nSPS) is 17.8. The zero-order valence-electron chi connectivity index (χ0n) is 15.0. The summed E-state index contributed by atoms with van der Waals surface area (Å²) in [6.45, 7) is 3.59. The summed E-state index contributed by atoms with van der Waals surface area (Å²) in [7, 11) is 0. The van der Waals surface area contributed by atoms with Crippen LogP contribution in [-0.2, 0) is 4.79 Å². The average molecular weight is 352 g/mol. The third-order valence-electron chi connectivity index (χ3n) is 4.73. The van der Waals surface area contributed by atoms with Gasteiger partial charge in [0.25, 0.3) is 11.8 Å². The number of nitrogens with zero attached hydrogens (tertiary/aromatic N) is 1. The van der Waals surface area contributed by atoms with Gasteiger partial charge in [0.15, 0.2) is 0 Å². The first-order chi connectivity index (χ1) is 12.7. The van der Waals surface area contributed by atoms with Crippen molar-refractivity contribution in [1.29, 1.82) is 0 Å². The van der Waals surface area contributed by atoms with Gasteiger partial charge < -0.3 is 14.6 Å². The fourth-order valence-corrected chi connectivity index (χ4v) is 3.20. The highest BCUT2D eigenvalue weighted by Gasteiger charge is 2.26. The highest BCUT2D eigenvalue weighted by molar-refractivity contribution is 6.05. The van der Waals surface area contributed by atoms with Crippen molar-refractivity contribution in [3.63, 3.8) is 0 Å². The maximum Gasteiger partial charge on any atom is 0.270 e. The van der Waals surface area contributed by atoms with Gasteiger partial charge in [0.1, 0.15) is 11.5 Å². The molecular formula is C21H24N2O3. The van der Waals surface area contributed by atoms with Crippen LogP contribution in [-0.4, -0.2) is 29.8 Å². The summed E-state index contributed by atoms with van der Waals surface area (Å²) in [5, 5.41) is 2.77. The van der Waals surface area contributed by atoms with E-state index in [-0.39, 0.29) is 17.5 Å². The summed E-state index contributed by atoms with van der Waals surface area (Å²) in [5.74, 6) is 0.581. The number of rotatable bonds is 5. The molecule has 0 saturated carbocycles. The van der Waals surface area contributed by atoms with Crippen LogP contribution in [0.3, 0.4) is 0 Å². The SMILES string of the molecule is CCC1CCCN(C(=O)/C(=C/c2ccco2)NC(=O)c2ccccc2)C1. The van der Waals surface area contributed by atoms with Crippen molar-refractivity contribution in [2.24, 2.45) is 5.92 Å². The van der Waals surface area contributed by atoms with E-state index in [2.05, 4.69) is 12.2 Å². The number of nitrogens with one attached hydrogen (secondary N) is 1. The number of furan rings is 1. The van der Waals surface area contributed by atoms with Gasteiger partial charge in [-0.3, -0.25) is 9.59 Å². The molecular weight excluding hydrogens is 328 g/mol. The van der Waals surface area contributed by atoms with E-state index in [0.29, 0.717) is 23.8 Å². The average Bonchev–Trinajstić information content (AvgIpc) is 3.20. The summed E-state index contributed by atoms with van der Waals surface area (Å²) in [6, 6.07) is 12.4. The van der Waals surface area contributed by atoms with Crippen molar-refractivity contribution >= 4 is 17.9 Å². The molecule has 1 aliphatic rings. The van der Waals surface area contributed by atoms with Gasteiger partial charge in [-0.25, -0.2) is 0 Å². The lowest BCUT2D eigenvalue weighted by atomic mass is 9.95. The minimum Gasteiger partial charge on any atom is -0.465 e. The number of benzene rings is 1. The van der Waals surface area contributed by atoms with E-state index in [9.17, 15) is 9.59 Å². The number of carbonyl (C=O) groups is 2. The van der Waals surface area contributed by atoms with Gasteiger partial charge in [-0.15, -0.1) is 0 Å². The van der Waals surface area contributed by atoms with Crippen LogP contribution < -0.4 is 5.32 Å². The maximum absolute atomic E-state index is 13.1. The number of piperidine rings is 1. The van der Waals surface area contributed by atoms with Crippen molar-refractivity contribution < 1.29 is 14.0 Å². The minimum absolute atomic E-state index is 0.163. The second kappa shape index (κ2) is 8.52. The molecule has 136 valence electrons. The lowest BCUT2D eigenvalue weighted by molar-refractivity contribution is -0.129. The first-order valence-corrected chi connectivity index (χ1v) is 9.08. The van der Waals surface area contributed by atoms with Gasteiger partial charge >= 0.3 is 0 Å². The molecule has 0 bridgehead atoms. The number of likely N-dealkylation sites (tertiary alicyclic amines) is 1. The van der Waals surface area contributed by atoms with E-state index in [1.54, 1.807) is 48.7 Å². The molecule has 1 N–H and O–H groups in total. The van der Waals surface area contributed by atoms with Crippen molar-refractivity contribution in [2.45, 2.75) is 26.2 Å². The molecule has 1 atom stereocenters. The van der Waals surface area contributed by atoms with Gasteiger partial charge in [0.05, 0.1) is 6.26 Å². The summed E-state index contributed by atoms with van der Waals surface area (Å²) in [5.41, 5.74) is 0.751. The number of hydrogen-bond donors (Lipinski definition) is 1. The Morgan fingerprint density at radius 3 is 2.73 bits per heavy atom. The number of amides is 2. The Morgan fingerprint density at radius 2 is 2.04 bits per heavy atom. The molecule has 3 rings (SSSR count). The van der Waals surface area contributed by atoms with Gasteiger partial charge in [0, 0.05) is 24.7 Å². The molecule has 1 saturated heterocycles. The number of carbonyl (C=O) groups excluding carboxylic acids is 2. The van der Waals surface area contributed by atoms with Crippen molar-refractivity contribution in [3.8, 4) is 0 Å². The van der Waals surface area contributed by atoms with Crippen LogP contribution >= 0.6 is 0 Å². The fraction of sp³-hybridized carbons (Fsp3) is 0.333. The van der Waals surface area contributed by atoms with Crippen molar-refractivity contribution in [3.05, 3.63) is 65.7 Å². The number of hydrogen-bond acceptors (Lipinski definition) is 3. The Balaban J connectivity index is 1.81. The fourth-order valence-electron chi connectivity index (χ4n) is 3.20. The summed E-state index contributed by atoms with van der Waals surface area (Å²) < 4.78 is 5.33. The quantitative estimate of drug-likeness (QED) is 0.835. The summed E-state index contributed by atoms with van der Waals surface area (Å²) >= 11 is 0. The van der Waals surface area contributed by atoms with Crippen LogP contribution in [0.25, 0.3) is 6.08 Å². The van der Waals surface area contributed by atoms with Crippen molar-refractivity contribution in [2.75, 3.05) is 13.1 Å². The molecule has 2 amide bonds. The molecule has 26 heavy (non-hydrogen) atoms. The second-order valence-corrected chi connectivity index (χ2v) is 6.56. The van der Waals surface area contributed by atoms with E-state index in [1.165, 1.54) is 0 Å². The predicted octanol–water partition coefficient (Wildman–Crippen LogP) is 3.70. The Labute approximate surface area is 153 Å². The third-order valence-corrected chi connectivity index (χ3v) is 4.73. The standard InChI is InChI=1S/C21H24N2O3/c1-2-16-8-6-12-23(15-16)21(25)19(14-18-11-7-13-26-18)22-20(24)17-9-4-3-5-10-17/h3-5,7,9-11,13-14,16H,2,6,8,12,15H2,1H3,(H,22,24)/b19-14-. The Bertz CT molecular complexity index is 766. The van der Waals surface area contributed by atoms with Gasteiger partial charge in [-0.1, -0.05) is 31.5 Å². The van der Waals surface area contributed by atoms with Crippen LogP contribution in [0.5, 0.6) is 0 Å². The molecule has 1 aromatic heterocycles. The molecule has 5 heteroatoms. The largest absolute Gasteiger partial charge is 0.465 e. The van der Waals surface area contributed by atoms with E-state index in [0.717, 1.165) is 25.8 Å². The van der Waals surface area contributed by atoms with Crippen LogP contribution in [0.4, 0.5) is 0 Å². The van der Waals surface area contributed by atoms with Crippen molar-refractivity contribution in [1.82, 2.24) is 10.2 Å². The highest BCUT2D eigenvalue weighted by Crippen LogP contribution is 2.21. The third kappa shape index (κ3) is 4.42. The van der Waals surface area contributed by atoms with Gasteiger partial charge in [-0.2, -0.15) is 0 Å². The summed E-state index contributed by atoms with van der Waals surface area (Å²) in [4.78, 5) is 27.4. The smallest absolute Gasteiger partial charge is 0.270 e. The Hall–Kier alpha value is -2.82. The second-order valence-electron chi connectivity index (χ2n) is 6.56. The molecule has 1 aliphatic heterocycles. The maximum atomic E-state index is 13.1. The lowest BCUT2D eigenvalue weighted by Crippen LogP contribution is -2.43. The van der Waals surface area contributed by atoms with Crippen LogP contribution in [0.1, 0.15) is 42.3 Å². The molecule has 2 aromatic rings. The molecule has 0 radical (unpaired) electrons. The topological polar surface area (TPSA) is 62.6 Å². The molecule has 1 unspecified atom stereocenters. The monoisotopic (exact) mass is 352 g/mol. The van der Waals surface area contributed by atoms with Crippen LogP contribution in [0.15, 0.2) is 58.8 Å². The molecule has 5 nitrogen and oxygen atoms in total. The zero-order valence-corrected chi connectivity index (χ0v) is 15.0. The lowest BCUT2D eigenvalue weighted by Gasteiger charge is -2.32. The molecule has 2 heterocycles. The first kappa shape index (κ1) is 18.0. The van der Waals surface area contributed by atoms with E-state index >= 15 is 0 Å². The highest BCUT2D eigenvalue weighted by atomic mass is 16.3. The zero-order chi connectivity index (χ0) is 18.4. The van der Waals surface area contributed by atoms with E-state index in [4.69, 9.17) is 4.42 Å². The summed E-state index contributed by atoms with van der Waals surface area (Å²) in [6.07, 6.45) is 6.33. The van der Waals surface area contributed by atoms with Gasteiger partial charge in [-0.05, 0) is 43.0 Å². The first-order valence-electron chi connectivity index (χ1n) is 9.08. The Morgan fingerprint density at radius 1 is 1.23 bits per heavy atom. The van der Waals surface area contributed by atoms with Crippen LogP contribution in [0.2, 0.25) is 0 Å². The van der Waals surface area contributed by atoms with Gasteiger partial charge in [0.2, 0.25) is 0 Å². The van der Waals surface area contributed by atoms with Crippen LogP contribution in [0, 0.1) is 5.92 Å². The van der Waals surface area contributed by atoms with E-state index in [1.807, 2.05) is 11.0 Å². The minimum atomic E-state index is -0.305. The molecule has 0 aliphatic carbocycles. The molecule has 1 fully saturated rings.